The van der Waals surface area contributed by atoms with Crippen molar-refractivity contribution in [1.82, 2.24) is 15.0 Å². The van der Waals surface area contributed by atoms with E-state index in [1.807, 2.05) is 24.3 Å². The highest BCUT2D eigenvalue weighted by molar-refractivity contribution is 5.84. The molecular formula is C13H15N3O3. The van der Waals surface area contributed by atoms with Gasteiger partial charge in [0.05, 0.1) is 12.7 Å². The Hall–Kier alpha value is -2.37. The highest BCUT2D eigenvalue weighted by Gasteiger charge is 2.08. The molecule has 0 aliphatic carbocycles. The van der Waals surface area contributed by atoms with Gasteiger partial charge in [-0.05, 0) is 18.1 Å². The molecule has 100 valence electrons. The molecule has 0 aliphatic heterocycles. The lowest BCUT2D eigenvalue weighted by atomic mass is 10.1. The van der Waals surface area contributed by atoms with Crippen LogP contribution in [0.2, 0.25) is 0 Å². The number of hydrogen-bond acceptors (Lipinski definition) is 4. The molecule has 1 aromatic carbocycles. The van der Waals surface area contributed by atoms with Gasteiger partial charge in [0.15, 0.2) is 5.69 Å². The Bertz CT molecular complexity index is 566. The van der Waals surface area contributed by atoms with Gasteiger partial charge in [-0.2, -0.15) is 0 Å². The molecule has 1 heterocycles. The van der Waals surface area contributed by atoms with E-state index in [0.29, 0.717) is 13.2 Å². The van der Waals surface area contributed by atoms with Gasteiger partial charge in [0.1, 0.15) is 12.4 Å². The van der Waals surface area contributed by atoms with Crippen LogP contribution in [-0.2, 0) is 13.0 Å². The number of aromatic carboxylic acids is 1. The number of nitrogens with zero attached hydrogens (tertiary/aromatic N) is 3. The maximum Gasteiger partial charge on any atom is 0.358 e. The maximum atomic E-state index is 10.6. The van der Waals surface area contributed by atoms with Gasteiger partial charge in [-0.25, -0.2) is 9.48 Å². The second kappa shape index (κ2) is 5.99. The van der Waals surface area contributed by atoms with Crippen molar-refractivity contribution < 1.29 is 14.6 Å². The molecule has 6 heteroatoms. The van der Waals surface area contributed by atoms with Crippen LogP contribution < -0.4 is 4.74 Å². The van der Waals surface area contributed by atoms with E-state index in [2.05, 4.69) is 17.2 Å². The normalized spacial score (nSPS) is 10.4. The zero-order valence-electron chi connectivity index (χ0n) is 10.6. The van der Waals surface area contributed by atoms with Crippen molar-refractivity contribution in [3.05, 3.63) is 41.7 Å². The topological polar surface area (TPSA) is 77.2 Å². The minimum Gasteiger partial charge on any atom is -0.491 e. The Morgan fingerprint density at radius 1 is 1.42 bits per heavy atom. The summed E-state index contributed by atoms with van der Waals surface area (Å²) in [6, 6.07) is 7.84. The first-order valence-corrected chi connectivity index (χ1v) is 6.05. The fourth-order valence-corrected chi connectivity index (χ4v) is 1.69. The lowest BCUT2D eigenvalue weighted by Crippen LogP contribution is -2.09. The molecule has 0 radical (unpaired) electrons. The van der Waals surface area contributed by atoms with Crippen LogP contribution in [0.3, 0.4) is 0 Å². The van der Waals surface area contributed by atoms with Crippen LogP contribution in [0.1, 0.15) is 23.0 Å². The van der Waals surface area contributed by atoms with Crippen LogP contribution in [-0.4, -0.2) is 32.7 Å². The molecule has 0 spiro atoms. The Kier molecular flexibility index (Phi) is 4.12. The van der Waals surface area contributed by atoms with E-state index < -0.39 is 5.97 Å². The number of carboxylic acids is 1. The highest BCUT2D eigenvalue weighted by Crippen LogP contribution is 2.18. The van der Waals surface area contributed by atoms with Crippen molar-refractivity contribution in [2.45, 2.75) is 19.9 Å². The summed E-state index contributed by atoms with van der Waals surface area (Å²) in [6.07, 6.45) is 2.29. The predicted octanol–water partition coefficient (Wildman–Crippen LogP) is 1.62. The highest BCUT2D eigenvalue weighted by atomic mass is 16.5. The molecule has 1 N–H and O–H groups in total. The second-order valence-electron chi connectivity index (χ2n) is 3.98. The Morgan fingerprint density at radius 2 is 2.21 bits per heavy atom. The van der Waals surface area contributed by atoms with E-state index in [9.17, 15) is 4.79 Å². The summed E-state index contributed by atoms with van der Waals surface area (Å²) in [5.74, 6) is -0.230. The summed E-state index contributed by atoms with van der Waals surface area (Å²) >= 11 is 0. The lowest BCUT2D eigenvalue weighted by Gasteiger charge is -2.09. The second-order valence-corrected chi connectivity index (χ2v) is 3.98. The minimum atomic E-state index is -1.08. The molecule has 2 rings (SSSR count). The number of aryl methyl sites for hydroxylation is 1. The van der Waals surface area contributed by atoms with Crippen LogP contribution >= 0.6 is 0 Å². The molecule has 6 nitrogen and oxygen atoms in total. The predicted molar refractivity (Wildman–Crippen MR) is 68.3 cm³/mol. The number of carboxylic acid groups (broad SMARTS) is 1. The summed E-state index contributed by atoms with van der Waals surface area (Å²) in [5.41, 5.74) is 1.08. The molecular weight excluding hydrogens is 246 g/mol. The molecule has 19 heavy (non-hydrogen) atoms. The van der Waals surface area contributed by atoms with Crippen molar-refractivity contribution in [1.29, 1.82) is 0 Å². The standard InChI is InChI=1S/C13H15N3O3/c1-2-10-5-3-4-6-12(10)19-8-7-16-9-11(13(17)18)14-15-16/h3-6,9H,2,7-8H2,1H3,(H,17,18). The Labute approximate surface area is 110 Å². The third-order valence-electron chi connectivity index (χ3n) is 2.69. The quantitative estimate of drug-likeness (QED) is 0.855. The van der Waals surface area contributed by atoms with E-state index in [4.69, 9.17) is 9.84 Å². The fourth-order valence-electron chi connectivity index (χ4n) is 1.69. The van der Waals surface area contributed by atoms with Crippen LogP contribution in [0, 0.1) is 0 Å². The van der Waals surface area contributed by atoms with Crippen molar-refractivity contribution in [2.24, 2.45) is 0 Å². The molecule has 0 saturated heterocycles. The van der Waals surface area contributed by atoms with Gasteiger partial charge in [-0.3, -0.25) is 0 Å². The van der Waals surface area contributed by atoms with Crippen molar-refractivity contribution >= 4 is 5.97 Å². The Balaban J connectivity index is 1.90. The van der Waals surface area contributed by atoms with E-state index in [0.717, 1.165) is 17.7 Å². The van der Waals surface area contributed by atoms with Crippen LogP contribution in [0.4, 0.5) is 0 Å². The summed E-state index contributed by atoms with van der Waals surface area (Å²) < 4.78 is 7.12. The average Bonchev–Trinajstić information content (AvgIpc) is 2.88. The third-order valence-corrected chi connectivity index (χ3v) is 2.69. The van der Waals surface area contributed by atoms with Gasteiger partial charge >= 0.3 is 5.97 Å². The van der Waals surface area contributed by atoms with Gasteiger partial charge in [0, 0.05) is 0 Å². The number of aromatic nitrogens is 3. The molecule has 0 saturated carbocycles. The first kappa shape index (κ1) is 13.1. The fraction of sp³-hybridized carbons (Fsp3) is 0.308. The van der Waals surface area contributed by atoms with Crippen LogP contribution in [0.25, 0.3) is 0 Å². The van der Waals surface area contributed by atoms with E-state index in [-0.39, 0.29) is 5.69 Å². The summed E-state index contributed by atoms with van der Waals surface area (Å²) in [5, 5.41) is 16.0. The van der Waals surface area contributed by atoms with Crippen molar-refractivity contribution in [3.63, 3.8) is 0 Å². The summed E-state index contributed by atoms with van der Waals surface area (Å²) in [6.45, 7) is 2.94. The maximum absolute atomic E-state index is 10.6. The number of carbonyl (C=O) groups is 1. The molecule has 1 aromatic heterocycles. The molecule has 0 fully saturated rings. The number of ether oxygens (including phenoxy) is 1. The number of benzene rings is 1. The first-order chi connectivity index (χ1) is 9.20. The van der Waals surface area contributed by atoms with Gasteiger partial charge in [0.25, 0.3) is 0 Å². The van der Waals surface area contributed by atoms with Gasteiger partial charge < -0.3 is 9.84 Å². The van der Waals surface area contributed by atoms with Gasteiger partial charge in [-0.15, -0.1) is 5.10 Å². The van der Waals surface area contributed by atoms with Crippen LogP contribution in [0.5, 0.6) is 5.75 Å². The Morgan fingerprint density at radius 3 is 2.89 bits per heavy atom. The largest absolute Gasteiger partial charge is 0.491 e. The van der Waals surface area contributed by atoms with E-state index >= 15 is 0 Å². The zero-order chi connectivity index (χ0) is 13.7. The summed E-state index contributed by atoms with van der Waals surface area (Å²) in [7, 11) is 0. The van der Waals surface area contributed by atoms with Crippen molar-refractivity contribution in [2.75, 3.05) is 6.61 Å². The molecule has 2 aromatic rings. The monoisotopic (exact) mass is 261 g/mol. The molecule has 0 aliphatic rings. The minimum absolute atomic E-state index is 0.0611. The molecule has 0 bridgehead atoms. The van der Waals surface area contributed by atoms with Crippen molar-refractivity contribution in [3.8, 4) is 5.75 Å². The van der Waals surface area contributed by atoms with Gasteiger partial charge in [0.2, 0.25) is 0 Å². The zero-order valence-corrected chi connectivity index (χ0v) is 10.6. The number of rotatable bonds is 6. The first-order valence-electron chi connectivity index (χ1n) is 6.05. The smallest absolute Gasteiger partial charge is 0.358 e. The lowest BCUT2D eigenvalue weighted by molar-refractivity contribution is 0.0690. The van der Waals surface area contributed by atoms with Gasteiger partial charge in [-0.1, -0.05) is 30.3 Å². The molecule has 0 atom stereocenters. The summed E-state index contributed by atoms with van der Waals surface area (Å²) in [4.78, 5) is 10.6. The van der Waals surface area contributed by atoms with E-state index in [1.165, 1.54) is 10.9 Å². The van der Waals surface area contributed by atoms with Crippen LogP contribution in [0.15, 0.2) is 30.5 Å². The third kappa shape index (κ3) is 3.31. The SMILES string of the molecule is CCc1ccccc1OCCn1cc(C(=O)O)nn1. The molecule has 0 unspecified atom stereocenters. The average molecular weight is 261 g/mol. The molecule has 0 amide bonds. The van der Waals surface area contributed by atoms with E-state index in [1.54, 1.807) is 0 Å². The number of para-hydroxylation sites is 1. The number of hydrogen-bond donors (Lipinski definition) is 1.